The number of aldehydes is 1. The predicted molar refractivity (Wildman–Crippen MR) is 49.1 cm³/mol. The Balaban J connectivity index is 2.95. The van der Waals surface area contributed by atoms with Crippen molar-refractivity contribution in [1.82, 2.24) is 9.97 Å². The van der Waals surface area contributed by atoms with Crippen molar-refractivity contribution in [2.24, 2.45) is 0 Å². The van der Waals surface area contributed by atoms with Crippen molar-refractivity contribution in [1.29, 1.82) is 0 Å². The van der Waals surface area contributed by atoms with Gasteiger partial charge in [0.2, 0.25) is 0 Å². The largest absolute Gasteiger partial charge is 0.358 e. The first kappa shape index (κ1) is 8.37. The number of carbonyl (C=O) groups is 1. The predicted octanol–water partition coefficient (Wildman–Crippen LogP) is 2.28. The molecule has 0 bridgehead atoms. The Kier molecular flexibility index (Phi) is 1.88. The third kappa shape index (κ3) is 1.16. The first-order valence-corrected chi connectivity index (χ1v) is 4.29. The lowest BCUT2D eigenvalue weighted by Gasteiger charge is -1.95. The zero-order chi connectivity index (χ0) is 9.42. The molecule has 0 saturated carbocycles. The van der Waals surface area contributed by atoms with Gasteiger partial charge in [0.05, 0.1) is 17.1 Å². The fourth-order valence-electron chi connectivity index (χ4n) is 1.18. The summed E-state index contributed by atoms with van der Waals surface area (Å²) >= 11 is 3.17. The molecule has 0 unspecified atom stereocenters. The van der Waals surface area contributed by atoms with Crippen LogP contribution in [0.15, 0.2) is 16.9 Å². The van der Waals surface area contributed by atoms with Crippen LogP contribution in [0.1, 0.15) is 10.5 Å². The summed E-state index contributed by atoms with van der Waals surface area (Å²) in [7, 11) is 0. The molecule has 0 saturated heterocycles. The molecule has 2 aromatic heterocycles. The minimum atomic E-state index is -0.450. The molecule has 0 radical (unpaired) electrons. The number of aromatic amines is 1. The maximum absolute atomic E-state index is 13.2. The number of rotatable bonds is 1. The minimum Gasteiger partial charge on any atom is -0.358 e. The second kappa shape index (κ2) is 2.92. The average molecular weight is 243 g/mol. The molecule has 2 rings (SSSR count). The molecule has 3 nitrogen and oxygen atoms in total. The van der Waals surface area contributed by atoms with Gasteiger partial charge in [0.15, 0.2) is 12.1 Å². The molecule has 0 fully saturated rings. The Bertz CT molecular complexity index is 480. The zero-order valence-electron chi connectivity index (χ0n) is 6.34. The fourth-order valence-corrected chi connectivity index (χ4v) is 1.68. The lowest BCUT2D eigenvalue weighted by molar-refractivity contribution is 0.112. The summed E-state index contributed by atoms with van der Waals surface area (Å²) in [6, 6.07) is 0. The number of hydrogen-bond acceptors (Lipinski definition) is 2. The van der Waals surface area contributed by atoms with E-state index in [0.717, 1.165) is 6.20 Å². The van der Waals surface area contributed by atoms with Crippen molar-refractivity contribution in [3.63, 3.8) is 0 Å². The zero-order valence-corrected chi connectivity index (χ0v) is 7.93. The van der Waals surface area contributed by atoms with Crippen LogP contribution in [0.2, 0.25) is 0 Å². The van der Waals surface area contributed by atoms with E-state index in [2.05, 4.69) is 25.9 Å². The molecule has 0 aliphatic heterocycles. The molecule has 2 heterocycles. The van der Waals surface area contributed by atoms with Gasteiger partial charge in [0.25, 0.3) is 0 Å². The third-order valence-electron chi connectivity index (χ3n) is 1.76. The number of hydrogen-bond donors (Lipinski definition) is 1. The van der Waals surface area contributed by atoms with Gasteiger partial charge in [0, 0.05) is 10.7 Å². The lowest BCUT2D eigenvalue weighted by atomic mass is 10.2. The van der Waals surface area contributed by atoms with E-state index in [-0.39, 0.29) is 5.69 Å². The van der Waals surface area contributed by atoms with E-state index in [9.17, 15) is 9.18 Å². The number of pyridine rings is 1. The molecule has 2 aromatic rings. The van der Waals surface area contributed by atoms with E-state index < -0.39 is 5.82 Å². The molecule has 5 heteroatoms. The number of fused-ring (bicyclic) bond motifs is 1. The van der Waals surface area contributed by atoms with Crippen molar-refractivity contribution in [3.05, 3.63) is 28.4 Å². The molecular weight excluding hydrogens is 239 g/mol. The van der Waals surface area contributed by atoms with Crippen LogP contribution >= 0.6 is 15.9 Å². The summed E-state index contributed by atoms with van der Waals surface area (Å²) in [6.45, 7) is 0. The van der Waals surface area contributed by atoms with Gasteiger partial charge < -0.3 is 4.98 Å². The number of nitrogens with zero attached hydrogens (tertiary/aromatic N) is 1. The van der Waals surface area contributed by atoms with E-state index in [4.69, 9.17) is 0 Å². The third-order valence-corrected chi connectivity index (χ3v) is 2.38. The van der Waals surface area contributed by atoms with Gasteiger partial charge in [0.1, 0.15) is 5.69 Å². The summed E-state index contributed by atoms with van der Waals surface area (Å²) < 4.78 is 13.8. The molecule has 13 heavy (non-hydrogen) atoms. The highest BCUT2D eigenvalue weighted by Gasteiger charge is 2.11. The van der Waals surface area contributed by atoms with Crippen molar-refractivity contribution >= 4 is 33.1 Å². The monoisotopic (exact) mass is 242 g/mol. The minimum absolute atomic E-state index is 0.210. The van der Waals surface area contributed by atoms with Gasteiger partial charge in [-0.25, -0.2) is 9.37 Å². The lowest BCUT2D eigenvalue weighted by Crippen LogP contribution is -1.90. The number of aromatic nitrogens is 2. The molecule has 0 spiro atoms. The normalized spacial score (nSPS) is 10.6. The highest BCUT2D eigenvalue weighted by atomic mass is 79.9. The van der Waals surface area contributed by atoms with Crippen LogP contribution in [-0.4, -0.2) is 16.3 Å². The molecule has 0 aromatic carbocycles. The van der Waals surface area contributed by atoms with E-state index in [1.54, 1.807) is 6.20 Å². The maximum atomic E-state index is 13.2. The summed E-state index contributed by atoms with van der Waals surface area (Å²) in [5.74, 6) is -0.450. The number of carbonyl (C=O) groups excluding carboxylic acids is 1. The van der Waals surface area contributed by atoms with Crippen LogP contribution in [0.4, 0.5) is 4.39 Å². The Morgan fingerprint density at radius 1 is 1.62 bits per heavy atom. The Morgan fingerprint density at radius 2 is 2.38 bits per heavy atom. The summed E-state index contributed by atoms with van der Waals surface area (Å²) in [4.78, 5) is 16.9. The summed E-state index contributed by atoms with van der Waals surface area (Å²) in [5.41, 5.74) is 0.629. The van der Waals surface area contributed by atoms with E-state index in [1.165, 1.54) is 0 Å². The number of halogens is 2. The summed E-state index contributed by atoms with van der Waals surface area (Å²) in [6.07, 6.45) is 3.19. The van der Waals surface area contributed by atoms with Crippen molar-refractivity contribution < 1.29 is 9.18 Å². The van der Waals surface area contributed by atoms with Crippen LogP contribution in [0.25, 0.3) is 10.9 Å². The maximum Gasteiger partial charge on any atom is 0.170 e. The smallest absolute Gasteiger partial charge is 0.170 e. The van der Waals surface area contributed by atoms with Gasteiger partial charge in [-0.2, -0.15) is 0 Å². The SMILES string of the molecule is O=Cc1ncc(F)c2c(Br)c[nH]c12. The number of nitrogens with one attached hydrogen (secondary N) is 1. The molecule has 0 atom stereocenters. The van der Waals surface area contributed by atoms with E-state index >= 15 is 0 Å². The van der Waals surface area contributed by atoms with Crippen molar-refractivity contribution in [2.75, 3.05) is 0 Å². The molecule has 0 aliphatic rings. The van der Waals surface area contributed by atoms with Crippen LogP contribution in [0.5, 0.6) is 0 Å². The molecular formula is C8H4BrFN2O. The Labute approximate surface area is 81.1 Å². The molecule has 1 N–H and O–H groups in total. The Hall–Kier alpha value is -1.23. The fraction of sp³-hybridized carbons (Fsp3) is 0. The second-order valence-corrected chi connectivity index (χ2v) is 3.35. The summed E-state index contributed by atoms with van der Waals surface area (Å²) in [5, 5.41) is 0.358. The van der Waals surface area contributed by atoms with Gasteiger partial charge >= 0.3 is 0 Å². The van der Waals surface area contributed by atoms with Gasteiger partial charge in [-0.05, 0) is 15.9 Å². The molecule has 66 valence electrons. The van der Waals surface area contributed by atoms with Crippen molar-refractivity contribution in [3.8, 4) is 0 Å². The van der Waals surface area contributed by atoms with E-state index in [0.29, 0.717) is 21.7 Å². The standard InChI is InChI=1S/C8H4BrFN2O/c9-4-1-12-8-6(3-13)11-2-5(10)7(4)8/h1-3,12H. The number of H-pyrrole nitrogens is 1. The van der Waals surface area contributed by atoms with Gasteiger partial charge in [-0.1, -0.05) is 0 Å². The van der Waals surface area contributed by atoms with Crippen LogP contribution in [0, 0.1) is 5.82 Å². The molecule has 0 amide bonds. The van der Waals surface area contributed by atoms with Crippen LogP contribution in [0.3, 0.4) is 0 Å². The highest BCUT2D eigenvalue weighted by Crippen LogP contribution is 2.26. The first-order chi connectivity index (χ1) is 6.24. The Morgan fingerprint density at radius 3 is 3.08 bits per heavy atom. The van der Waals surface area contributed by atoms with Crippen molar-refractivity contribution in [2.45, 2.75) is 0 Å². The van der Waals surface area contributed by atoms with E-state index in [1.807, 2.05) is 0 Å². The van der Waals surface area contributed by atoms with Gasteiger partial charge in [-0.15, -0.1) is 0 Å². The van der Waals surface area contributed by atoms with Crippen LogP contribution in [-0.2, 0) is 0 Å². The van der Waals surface area contributed by atoms with Gasteiger partial charge in [-0.3, -0.25) is 4.79 Å². The average Bonchev–Trinajstić information content (AvgIpc) is 2.50. The first-order valence-electron chi connectivity index (χ1n) is 3.50. The van der Waals surface area contributed by atoms with Crippen LogP contribution < -0.4 is 0 Å². The second-order valence-electron chi connectivity index (χ2n) is 2.50. The quantitative estimate of drug-likeness (QED) is 0.781. The topological polar surface area (TPSA) is 45.8 Å². The highest BCUT2D eigenvalue weighted by molar-refractivity contribution is 9.10. The molecule has 0 aliphatic carbocycles.